The highest BCUT2D eigenvalue weighted by molar-refractivity contribution is 7.90. The van der Waals surface area contributed by atoms with Gasteiger partial charge in [-0.3, -0.25) is 4.79 Å². The fraction of sp³-hybridized carbons (Fsp3) is 0.381. The van der Waals surface area contributed by atoms with Gasteiger partial charge in [-0.2, -0.15) is 0 Å². The molecule has 2 aromatic rings. The number of sulfone groups is 1. The average molecular weight is 403 g/mol. The molecule has 28 heavy (non-hydrogen) atoms. The van der Waals surface area contributed by atoms with Crippen LogP contribution in [0.1, 0.15) is 28.8 Å². The van der Waals surface area contributed by atoms with E-state index in [0.29, 0.717) is 12.1 Å². The third-order valence-corrected chi connectivity index (χ3v) is 6.17. The SMILES string of the molecule is COc1ccccc1N1CCCC(NC(=O)c2cc(S(C)(=O)=O)ccc2C)C1. The zero-order valence-corrected chi connectivity index (χ0v) is 17.3. The number of rotatable bonds is 5. The fourth-order valence-corrected chi connectivity index (χ4v) is 4.19. The van der Waals surface area contributed by atoms with Gasteiger partial charge in [-0.25, -0.2) is 8.42 Å². The first-order chi connectivity index (χ1) is 13.3. The molecule has 0 spiro atoms. The molecule has 6 nitrogen and oxygen atoms in total. The van der Waals surface area contributed by atoms with Crippen molar-refractivity contribution in [2.24, 2.45) is 0 Å². The third kappa shape index (κ3) is 4.47. The number of benzene rings is 2. The summed E-state index contributed by atoms with van der Waals surface area (Å²) >= 11 is 0. The Hall–Kier alpha value is -2.54. The molecule has 0 radical (unpaired) electrons. The number of para-hydroxylation sites is 2. The summed E-state index contributed by atoms with van der Waals surface area (Å²) in [6.07, 6.45) is 2.97. The lowest BCUT2D eigenvalue weighted by Gasteiger charge is -2.35. The van der Waals surface area contributed by atoms with E-state index in [1.165, 1.54) is 12.1 Å². The first-order valence-corrected chi connectivity index (χ1v) is 11.2. The van der Waals surface area contributed by atoms with Crippen LogP contribution in [0.15, 0.2) is 47.4 Å². The summed E-state index contributed by atoms with van der Waals surface area (Å²) < 4.78 is 29.1. The van der Waals surface area contributed by atoms with Gasteiger partial charge >= 0.3 is 0 Å². The first-order valence-electron chi connectivity index (χ1n) is 9.29. The normalized spacial score (nSPS) is 17.2. The minimum Gasteiger partial charge on any atom is -0.495 e. The highest BCUT2D eigenvalue weighted by atomic mass is 32.2. The third-order valence-electron chi connectivity index (χ3n) is 5.06. The molecule has 150 valence electrons. The van der Waals surface area contributed by atoms with E-state index in [4.69, 9.17) is 4.74 Å². The predicted molar refractivity (Wildman–Crippen MR) is 110 cm³/mol. The summed E-state index contributed by atoms with van der Waals surface area (Å²) in [5, 5.41) is 3.08. The monoisotopic (exact) mass is 402 g/mol. The molecule has 0 aromatic heterocycles. The number of carbonyl (C=O) groups is 1. The van der Waals surface area contributed by atoms with Gasteiger partial charge in [0.05, 0.1) is 17.7 Å². The predicted octanol–water partition coefficient (Wildman–Crippen LogP) is 2.81. The van der Waals surface area contributed by atoms with E-state index in [9.17, 15) is 13.2 Å². The van der Waals surface area contributed by atoms with Crippen molar-refractivity contribution >= 4 is 21.4 Å². The van der Waals surface area contributed by atoms with Crippen LogP contribution in [0.4, 0.5) is 5.69 Å². The molecule has 2 aromatic carbocycles. The summed E-state index contributed by atoms with van der Waals surface area (Å²) in [7, 11) is -1.71. The average Bonchev–Trinajstić information content (AvgIpc) is 2.67. The molecule has 1 saturated heterocycles. The number of hydrogen-bond acceptors (Lipinski definition) is 5. The number of aryl methyl sites for hydroxylation is 1. The summed E-state index contributed by atoms with van der Waals surface area (Å²) in [6.45, 7) is 3.38. The largest absolute Gasteiger partial charge is 0.495 e. The number of methoxy groups -OCH3 is 1. The summed E-state index contributed by atoms with van der Waals surface area (Å²) in [6, 6.07) is 12.5. The van der Waals surface area contributed by atoms with Crippen molar-refractivity contribution in [2.75, 3.05) is 31.4 Å². The number of amides is 1. The van der Waals surface area contributed by atoms with Gasteiger partial charge in [-0.05, 0) is 49.6 Å². The Bertz CT molecular complexity index is 972. The van der Waals surface area contributed by atoms with E-state index in [0.717, 1.165) is 42.6 Å². The molecular weight excluding hydrogens is 376 g/mol. The van der Waals surface area contributed by atoms with E-state index >= 15 is 0 Å². The van der Waals surface area contributed by atoms with Crippen LogP contribution in [0, 0.1) is 6.92 Å². The number of ether oxygens (including phenoxy) is 1. The number of hydrogen-bond donors (Lipinski definition) is 1. The second kappa shape index (κ2) is 8.22. The second-order valence-electron chi connectivity index (χ2n) is 7.18. The molecule has 1 fully saturated rings. The maximum Gasteiger partial charge on any atom is 0.251 e. The Morgan fingerprint density at radius 2 is 1.96 bits per heavy atom. The Labute approximate surface area is 166 Å². The van der Waals surface area contributed by atoms with Crippen LogP contribution < -0.4 is 15.0 Å². The Kier molecular flexibility index (Phi) is 5.93. The van der Waals surface area contributed by atoms with Gasteiger partial charge in [-0.1, -0.05) is 18.2 Å². The summed E-state index contributed by atoms with van der Waals surface area (Å²) in [5.74, 6) is 0.570. The van der Waals surface area contributed by atoms with Crippen molar-refractivity contribution in [1.82, 2.24) is 5.32 Å². The lowest BCUT2D eigenvalue weighted by atomic mass is 10.0. The van der Waals surface area contributed by atoms with E-state index in [2.05, 4.69) is 10.2 Å². The highest BCUT2D eigenvalue weighted by Crippen LogP contribution is 2.30. The van der Waals surface area contributed by atoms with E-state index in [-0.39, 0.29) is 16.8 Å². The molecule has 1 heterocycles. The minimum absolute atomic E-state index is 0.0209. The molecule has 0 bridgehead atoms. The summed E-state index contributed by atoms with van der Waals surface area (Å²) in [4.78, 5) is 15.2. The van der Waals surface area contributed by atoms with Crippen molar-refractivity contribution in [2.45, 2.75) is 30.7 Å². The molecule has 1 N–H and O–H groups in total. The molecule has 7 heteroatoms. The van der Waals surface area contributed by atoms with Crippen molar-refractivity contribution in [3.63, 3.8) is 0 Å². The molecular formula is C21H26N2O4S. The standard InChI is InChI=1S/C21H26N2O4S/c1-15-10-11-17(28(3,25)26)13-18(15)21(24)22-16-7-6-12-23(14-16)19-8-4-5-9-20(19)27-2/h4-5,8-11,13,16H,6-7,12,14H2,1-3H3,(H,22,24). The topological polar surface area (TPSA) is 75.7 Å². The number of nitrogens with zero attached hydrogens (tertiary/aromatic N) is 1. The van der Waals surface area contributed by atoms with Crippen LogP contribution in [0.2, 0.25) is 0 Å². The lowest BCUT2D eigenvalue weighted by Crippen LogP contribution is -2.48. The fourth-order valence-electron chi connectivity index (χ4n) is 3.54. The van der Waals surface area contributed by atoms with Crippen molar-refractivity contribution in [3.05, 3.63) is 53.6 Å². The molecule has 1 aliphatic heterocycles. The number of piperidine rings is 1. The molecule has 0 aliphatic carbocycles. The Balaban J connectivity index is 1.76. The maximum absolute atomic E-state index is 12.8. The van der Waals surface area contributed by atoms with Crippen LogP contribution in [0.3, 0.4) is 0 Å². The lowest BCUT2D eigenvalue weighted by molar-refractivity contribution is 0.0932. The second-order valence-corrected chi connectivity index (χ2v) is 9.20. The van der Waals surface area contributed by atoms with Crippen LogP contribution in [0.5, 0.6) is 5.75 Å². The summed E-state index contributed by atoms with van der Waals surface area (Å²) in [5.41, 5.74) is 2.17. The number of anilines is 1. The zero-order valence-electron chi connectivity index (χ0n) is 16.4. The number of carbonyl (C=O) groups excluding carboxylic acids is 1. The Morgan fingerprint density at radius 3 is 2.68 bits per heavy atom. The van der Waals surface area contributed by atoms with Gasteiger partial charge in [0.2, 0.25) is 0 Å². The molecule has 1 aliphatic rings. The van der Waals surface area contributed by atoms with E-state index < -0.39 is 9.84 Å². The van der Waals surface area contributed by atoms with Gasteiger partial charge in [0.25, 0.3) is 5.91 Å². The van der Waals surface area contributed by atoms with Gasteiger partial charge < -0.3 is 15.0 Å². The van der Waals surface area contributed by atoms with E-state index in [1.54, 1.807) is 13.2 Å². The molecule has 1 atom stereocenters. The van der Waals surface area contributed by atoms with Crippen molar-refractivity contribution in [1.29, 1.82) is 0 Å². The van der Waals surface area contributed by atoms with Crippen LogP contribution >= 0.6 is 0 Å². The van der Waals surface area contributed by atoms with Gasteiger partial charge in [0, 0.05) is 31.0 Å². The Morgan fingerprint density at radius 1 is 1.21 bits per heavy atom. The molecule has 3 rings (SSSR count). The quantitative estimate of drug-likeness (QED) is 0.832. The van der Waals surface area contributed by atoms with Gasteiger partial charge in [0.15, 0.2) is 9.84 Å². The van der Waals surface area contributed by atoms with Crippen molar-refractivity contribution < 1.29 is 17.9 Å². The number of nitrogens with one attached hydrogen (secondary N) is 1. The molecule has 0 saturated carbocycles. The maximum atomic E-state index is 12.8. The van der Waals surface area contributed by atoms with Crippen molar-refractivity contribution in [3.8, 4) is 5.75 Å². The van der Waals surface area contributed by atoms with Crippen LogP contribution in [-0.4, -0.2) is 46.8 Å². The van der Waals surface area contributed by atoms with Crippen LogP contribution in [-0.2, 0) is 9.84 Å². The van der Waals surface area contributed by atoms with Gasteiger partial charge in [-0.15, -0.1) is 0 Å². The highest BCUT2D eigenvalue weighted by Gasteiger charge is 2.24. The smallest absolute Gasteiger partial charge is 0.251 e. The van der Waals surface area contributed by atoms with Gasteiger partial charge in [0.1, 0.15) is 5.75 Å². The first kappa shape index (κ1) is 20.2. The van der Waals surface area contributed by atoms with Crippen LogP contribution in [0.25, 0.3) is 0 Å². The molecule has 1 amide bonds. The minimum atomic E-state index is -3.36. The zero-order chi connectivity index (χ0) is 20.3. The molecule has 1 unspecified atom stereocenters. The van der Waals surface area contributed by atoms with E-state index in [1.807, 2.05) is 31.2 Å².